The van der Waals surface area contributed by atoms with Crippen LogP contribution in [0.25, 0.3) is 0 Å². The molecule has 0 aliphatic carbocycles. The molecule has 2 heterocycles. The van der Waals surface area contributed by atoms with Gasteiger partial charge in [0.15, 0.2) is 5.15 Å². The number of carbonyl (C=O) groups is 1. The first kappa shape index (κ1) is 17.9. The van der Waals surface area contributed by atoms with Crippen LogP contribution in [0.2, 0.25) is 5.15 Å². The minimum Gasteiger partial charge on any atom is -0.444 e. The lowest BCUT2D eigenvalue weighted by Crippen LogP contribution is -2.40. The number of hydrogen-bond donors (Lipinski definition) is 1. The van der Waals surface area contributed by atoms with E-state index in [0.29, 0.717) is 17.6 Å². The van der Waals surface area contributed by atoms with Crippen molar-refractivity contribution in [2.45, 2.75) is 45.8 Å². The van der Waals surface area contributed by atoms with Gasteiger partial charge in [-0.05, 0) is 64.8 Å². The zero-order chi connectivity index (χ0) is 16.9. The maximum absolute atomic E-state index is 11.7. The molecule has 1 fully saturated rings. The molecule has 1 aliphatic heterocycles. The third-order valence-corrected chi connectivity index (χ3v) is 3.92. The summed E-state index contributed by atoms with van der Waals surface area (Å²) >= 11 is 5.74. The molecule has 0 aromatic carbocycles. The number of nitrogens with zero attached hydrogens (tertiary/aromatic N) is 3. The highest BCUT2D eigenvalue weighted by Gasteiger charge is 2.21. The Balaban J connectivity index is 1.67. The molecule has 0 unspecified atom stereocenters. The number of likely N-dealkylation sites (tertiary alicyclic amines) is 1. The number of halogens is 1. The Hall–Kier alpha value is -1.40. The van der Waals surface area contributed by atoms with Gasteiger partial charge in [-0.2, -0.15) is 5.10 Å². The molecule has 0 radical (unpaired) electrons. The number of piperidine rings is 1. The average Bonchev–Trinajstić information content (AvgIpc) is 2.47. The van der Waals surface area contributed by atoms with Crippen LogP contribution in [0.1, 0.15) is 39.3 Å². The van der Waals surface area contributed by atoms with Crippen molar-refractivity contribution >= 4 is 17.7 Å². The lowest BCUT2D eigenvalue weighted by molar-refractivity contribution is 0.0509. The number of amides is 1. The number of carbonyl (C=O) groups excluding carboxylic acids is 1. The van der Waals surface area contributed by atoms with E-state index in [4.69, 9.17) is 16.3 Å². The van der Waals surface area contributed by atoms with Crippen molar-refractivity contribution in [3.05, 3.63) is 23.0 Å². The fourth-order valence-electron chi connectivity index (χ4n) is 2.55. The van der Waals surface area contributed by atoms with Crippen molar-refractivity contribution in [1.29, 1.82) is 0 Å². The maximum atomic E-state index is 11.7. The van der Waals surface area contributed by atoms with Crippen molar-refractivity contribution in [2.24, 2.45) is 5.92 Å². The van der Waals surface area contributed by atoms with Gasteiger partial charge in [0.25, 0.3) is 0 Å². The van der Waals surface area contributed by atoms with E-state index in [2.05, 4.69) is 20.4 Å². The van der Waals surface area contributed by atoms with Crippen molar-refractivity contribution in [3.8, 4) is 0 Å². The Kier molecular flexibility index (Phi) is 6.18. The fraction of sp³-hybridized carbons (Fsp3) is 0.688. The van der Waals surface area contributed by atoms with E-state index in [1.54, 1.807) is 6.07 Å². The number of rotatable bonds is 4. The number of ether oxygens (including phenoxy) is 1. The first-order chi connectivity index (χ1) is 10.8. The molecule has 1 aliphatic rings. The summed E-state index contributed by atoms with van der Waals surface area (Å²) in [6.45, 7) is 9.04. The van der Waals surface area contributed by atoms with Crippen molar-refractivity contribution in [2.75, 3.05) is 19.6 Å². The Bertz CT molecular complexity index is 508. The van der Waals surface area contributed by atoms with Gasteiger partial charge in [0.1, 0.15) is 5.60 Å². The van der Waals surface area contributed by atoms with Crippen LogP contribution >= 0.6 is 11.6 Å². The van der Waals surface area contributed by atoms with Gasteiger partial charge in [-0.1, -0.05) is 11.6 Å². The van der Waals surface area contributed by atoms with E-state index < -0.39 is 5.60 Å². The van der Waals surface area contributed by atoms with E-state index in [1.165, 1.54) is 0 Å². The van der Waals surface area contributed by atoms with E-state index in [-0.39, 0.29) is 6.09 Å². The van der Waals surface area contributed by atoms with Crippen molar-refractivity contribution in [3.63, 3.8) is 0 Å². The number of hydrogen-bond acceptors (Lipinski definition) is 5. The van der Waals surface area contributed by atoms with E-state index in [0.717, 1.165) is 38.2 Å². The molecule has 2 rings (SSSR count). The second-order valence-corrected chi connectivity index (χ2v) is 7.34. The van der Waals surface area contributed by atoms with Gasteiger partial charge in [-0.3, -0.25) is 4.90 Å². The second-order valence-electron chi connectivity index (χ2n) is 6.95. The van der Waals surface area contributed by atoms with Crippen LogP contribution in [0, 0.1) is 5.92 Å². The molecule has 7 heteroatoms. The standard InChI is InChI=1S/C16H25ClN4O2/c1-16(2,3)23-15(22)18-10-12-6-8-21(9-7-12)11-13-4-5-14(17)20-19-13/h4-5,12H,6-11H2,1-3H3,(H,18,22). The zero-order valence-corrected chi connectivity index (χ0v) is 14.8. The maximum Gasteiger partial charge on any atom is 0.407 e. The molecule has 1 amide bonds. The summed E-state index contributed by atoms with van der Waals surface area (Å²) in [5.41, 5.74) is 0.479. The van der Waals surface area contributed by atoms with Crippen LogP contribution < -0.4 is 5.32 Å². The molecule has 128 valence electrons. The molecule has 23 heavy (non-hydrogen) atoms. The number of nitrogens with one attached hydrogen (secondary N) is 1. The van der Waals surface area contributed by atoms with Crippen LogP contribution in [0.4, 0.5) is 4.79 Å². The molecule has 6 nitrogen and oxygen atoms in total. The van der Waals surface area contributed by atoms with Gasteiger partial charge < -0.3 is 10.1 Å². The highest BCUT2D eigenvalue weighted by Crippen LogP contribution is 2.18. The van der Waals surface area contributed by atoms with Gasteiger partial charge in [-0.25, -0.2) is 4.79 Å². The Morgan fingerprint density at radius 1 is 1.35 bits per heavy atom. The Morgan fingerprint density at radius 3 is 2.61 bits per heavy atom. The van der Waals surface area contributed by atoms with Crippen LogP contribution in [0.3, 0.4) is 0 Å². The first-order valence-corrected chi connectivity index (χ1v) is 8.37. The van der Waals surface area contributed by atoms with Crippen LogP contribution in [-0.4, -0.2) is 46.4 Å². The SMILES string of the molecule is CC(C)(C)OC(=O)NCC1CCN(Cc2ccc(Cl)nn2)CC1. The average molecular weight is 341 g/mol. The van der Waals surface area contributed by atoms with Crippen LogP contribution in [0.5, 0.6) is 0 Å². The predicted octanol–water partition coefficient (Wildman–Crippen LogP) is 2.87. The zero-order valence-electron chi connectivity index (χ0n) is 14.0. The summed E-state index contributed by atoms with van der Waals surface area (Å²) in [4.78, 5) is 14.0. The van der Waals surface area contributed by atoms with Crippen LogP contribution in [-0.2, 0) is 11.3 Å². The van der Waals surface area contributed by atoms with Gasteiger partial charge in [0.05, 0.1) is 5.69 Å². The topological polar surface area (TPSA) is 67.3 Å². The highest BCUT2D eigenvalue weighted by molar-refractivity contribution is 6.29. The van der Waals surface area contributed by atoms with Crippen molar-refractivity contribution in [1.82, 2.24) is 20.4 Å². The molecule has 1 aromatic rings. The van der Waals surface area contributed by atoms with Gasteiger partial charge >= 0.3 is 6.09 Å². The molecule has 0 saturated carbocycles. The van der Waals surface area contributed by atoms with E-state index in [9.17, 15) is 4.79 Å². The van der Waals surface area contributed by atoms with Gasteiger partial charge in [-0.15, -0.1) is 5.10 Å². The molecule has 0 bridgehead atoms. The molecule has 1 N–H and O–H groups in total. The largest absolute Gasteiger partial charge is 0.444 e. The van der Waals surface area contributed by atoms with Gasteiger partial charge in [0.2, 0.25) is 0 Å². The normalized spacial score (nSPS) is 17.0. The summed E-state index contributed by atoms with van der Waals surface area (Å²) in [5.74, 6) is 0.495. The first-order valence-electron chi connectivity index (χ1n) is 7.99. The molecule has 0 spiro atoms. The predicted molar refractivity (Wildman–Crippen MR) is 89.3 cm³/mol. The lowest BCUT2D eigenvalue weighted by Gasteiger charge is -2.31. The molecule has 1 aromatic heterocycles. The smallest absolute Gasteiger partial charge is 0.407 e. The summed E-state index contributed by atoms with van der Waals surface area (Å²) in [7, 11) is 0. The summed E-state index contributed by atoms with van der Waals surface area (Å²) in [5, 5.41) is 11.2. The molecular formula is C16H25ClN4O2. The Morgan fingerprint density at radius 2 is 2.04 bits per heavy atom. The van der Waals surface area contributed by atoms with Crippen LogP contribution in [0.15, 0.2) is 12.1 Å². The molecule has 1 saturated heterocycles. The van der Waals surface area contributed by atoms with Gasteiger partial charge in [0, 0.05) is 13.1 Å². The second kappa shape index (κ2) is 7.93. The minimum absolute atomic E-state index is 0.337. The number of alkyl carbamates (subject to hydrolysis) is 1. The lowest BCUT2D eigenvalue weighted by atomic mass is 9.97. The van der Waals surface area contributed by atoms with E-state index >= 15 is 0 Å². The van der Waals surface area contributed by atoms with E-state index in [1.807, 2.05) is 26.8 Å². The quantitative estimate of drug-likeness (QED) is 0.912. The third kappa shape index (κ3) is 6.71. The monoisotopic (exact) mass is 340 g/mol. The molecular weight excluding hydrogens is 316 g/mol. The summed E-state index contributed by atoms with van der Waals surface area (Å²) in [6.07, 6.45) is 1.77. The molecule has 0 atom stereocenters. The number of aromatic nitrogens is 2. The summed E-state index contributed by atoms with van der Waals surface area (Å²) in [6, 6.07) is 3.67. The van der Waals surface area contributed by atoms with Crippen molar-refractivity contribution < 1.29 is 9.53 Å². The highest BCUT2D eigenvalue weighted by atomic mass is 35.5. The Labute approximate surface area is 142 Å². The third-order valence-electron chi connectivity index (χ3n) is 3.71. The summed E-state index contributed by atoms with van der Waals surface area (Å²) < 4.78 is 5.25. The fourth-order valence-corrected chi connectivity index (χ4v) is 2.65. The minimum atomic E-state index is -0.451.